The van der Waals surface area contributed by atoms with Crippen molar-refractivity contribution in [3.8, 4) is 5.75 Å². The molecule has 2 rings (SSSR count). The molecule has 130 valence electrons. The number of carbonyl (C=O) groups is 1. The van der Waals surface area contributed by atoms with Gasteiger partial charge in [0.15, 0.2) is 0 Å². The number of nitrogens with one attached hydrogen (secondary N) is 1. The van der Waals surface area contributed by atoms with E-state index in [1.807, 2.05) is 25.5 Å². The minimum Gasteiger partial charge on any atom is -0.435 e. The summed E-state index contributed by atoms with van der Waals surface area (Å²) in [5, 5.41) is 7.00. The predicted molar refractivity (Wildman–Crippen MR) is 90.5 cm³/mol. The SMILES string of the molecule is CN(C)[C@@H](CNC(=O)Cc1ccc(OC(F)F)cc1)c1ccsc1. The smallest absolute Gasteiger partial charge is 0.387 e. The van der Waals surface area contributed by atoms with Crippen molar-refractivity contribution in [2.45, 2.75) is 19.1 Å². The molecule has 1 atom stereocenters. The third-order valence-electron chi connectivity index (χ3n) is 3.56. The van der Waals surface area contributed by atoms with E-state index < -0.39 is 6.61 Å². The zero-order chi connectivity index (χ0) is 17.5. The highest BCUT2D eigenvalue weighted by atomic mass is 32.1. The van der Waals surface area contributed by atoms with E-state index in [4.69, 9.17) is 0 Å². The van der Waals surface area contributed by atoms with Gasteiger partial charge in [0.05, 0.1) is 12.5 Å². The highest BCUT2D eigenvalue weighted by molar-refractivity contribution is 7.07. The van der Waals surface area contributed by atoms with Crippen LogP contribution in [-0.4, -0.2) is 38.1 Å². The molecule has 1 aromatic heterocycles. The molecule has 1 heterocycles. The van der Waals surface area contributed by atoms with Crippen molar-refractivity contribution < 1.29 is 18.3 Å². The average molecular weight is 354 g/mol. The van der Waals surface area contributed by atoms with Crippen LogP contribution in [0.3, 0.4) is 0 Å². The van der Waals surface area contributed by atoms with E-state index in [9.17, 15) is 13.6 Å². The van der Waals surface area contributed by atoms with Crippen LogP contribution in [0.2, 0.25) is 0 Å². The van der Waals surface area contributed by atoms with Crippen LogP contribution in [0.25, 0.3) is 0 Å². The molecule has 1 aromatic carbocycles. The van der Waals surface area contributed by atoms with Crippen LogP contribution in [0.5, 0.6) is 5.75 Å². The number of hydrogen-bond donors (Lipinski definition) is 1. The minimum absolute atomic E-state index is 0.0827. The first-order chi connectivity index (χ1) is 11.5. The molecule has 7 heteroatoms. The average Bonchev–Trinajstić information content (AvgIpc) is 3.02. The molecule has 0 radical (unpaired) electrons. The maximum Gasteiger partial charge on any atom is 0.387 e. The summed E-state index contributed by atoms with van der Waals surface area (Å²) >= 11 is 1.62. The van der Waals surface area contributed by atoms with Crippen molar-refractivity contribution in [1.82, 2.24) is 10.2 Å². The Labute approximate surface area is 144 Å². The molecule has 0 fully saturated rings. The number of carbonyl (C=O) groups excluding carboxylic acids is 1. The Kier molecular flexibility index (Phi) is 6.69. The first-order valence-electron chi connectivity index (χ1n) is 7.44. The Hall–Kier alpha value is -1.99. The molecule has 0 unspecified atom stereocenters. The number of benzene rings is 1. The lowest BCUT2D eigenvalue weighted by Gasteiger charge is -2.24. The van der Waals surface area contributed by atoms with Gasteiger partial charge in [-0.1, -0.05) is 12.1 Å². The lowest BCUT2D eigenvalue weighted by Crippen LogP contribution is -2.35. The number of hydrogen-bond acceptors (Lipinski definition) is 4. The standard InChI is InChI=1S/C17H20F2N2O2S/c1-21(2)15(13-7-8-24-11-13)10-20-16(22)9-12-3-5-14(6-4-12)23-17(18)19/h3-8,11,15,17H,9-10H2,1-2H3,(H,20,22)/t15-/m0/s1. The third kappa shape index (κ3) is 5.58. The quantitative estimate of drug-likeness (QED) is 0.791. The lowest BCUT2D eigenvalue weighted by molar-refractivity contribution is -0.120. The number of halogens is 2. The highest BCUT2D eigenvalue weighted by Gasteiger charge is 2.15. The van der Waals surface area contributed by atoms with E-state index in [0.29, 0.717) is 6.54 Å². The molecule has 0 aliphatic heterocycles. The summed E-state index contributed by atoms with van der Waals surface area (Å²) in [4.78, 5) is 14.1. The van der Waals surface area contributed by atoms with Gasteiger partial charge in [0.2, 0.25) is 5.91 Å². The second-order valence-electron chi connectivity index (χ2n) is 5.54. The molecule has 4 nitrogen and oxygen atoms in total. The molecule has 2 aromatic rings. The number of thiophene rings is 1. The molecule has 1 N–H and O–H groups in total. The molecular weight excluding hydrogens is 334 g/mol. The van der Waals surface area contributed by atoms with E-state index in [1.165, 1.54) is 17.7 Å². The van der Waals surface area contributed by atoms with Crippen LogP contribution < -0.4 is 10.1 Å². The fourth-order valence-electron chi connectivity index (χ4n) is 2.31. The molecule has 1 amide bonds. The van der Waals surface area contributed by atoms with Gasteiger partial charge in [0.1, 0.15) is 5.75 Å². The monoisotopic (exact) mass is 354 g/mol. The summed E-state index contributed by atoms with van der Waals surface area (Å²) < 4.78 is 28.5. The number of alkyl halides is 2. The van der Waals surface area contributed by atoms with Gasteiger partial charge in [0.25, 0.3) is 0 Å². The Morgan fingerprint density at radius 1 is 1.25 bits per heavy atom. The first kappa shape index (κ1) is 18.4. The van der Waals surface area contributed by atoms with Crippen molar-refractivity contribution in [3.63, 3.8) is 0 Å². The van der Waals surface area contributed by atoms with Crippen molar-refractivity contribution in [2.24, 2.45) is 0 Å². The summed E-state index contributed by atoms with van der Waals surface area (Å²) in [7, 11) is 3.94. The van der Waals surface area contributed by atoms with Crippen molar-refractivity contribution in [2.75, 3.05) is 20.6 Å². The van der Waals surface area contributed by atoms with Crippen LogP contribution in [0.15, 0.2) is 41.1 Å². The van der Waals surface area contributed by atoms with Gasteiger partial charge in [-0.05, 0) is 54.2 Å². The van der Waals surface area contributed by atoms with Crippen LogP contribution >= 0.6 is 11.3 Å². The van der Waals surface area contributed by atoms with E-state index in [2.05, 4.69) is 20.3 Å². The maximum atomic E-state index is 12.1. The number of rotatable bonds is 8. The van der Waals surface area contributed by atoms with Crippen LogP contribution in [0, 0.1) is 0 Å². The fourth-order valence-corrected chi connectivity index (χ4v) is 3.02. The van der Waals surface area contributed by atoms with Gasteiger partial charge >= 0.3 is 6.61 Å². The first-order valence-corrected chi connectivity index (χ1v) is 8.39. The van der Waals surface area contributed by atoms with Crippen LogP contribution in [0.1, 0.15) is 17.2 Å². The van der Waals surface area contributed by atoms with Gasteiger partial charge in [-0.2, -0.15) is 20.1 Å². The van der Waals surface area contributed by atoms with Gasteiger partial charge < -0.3 is 15.0 Å². The van der Waals surface area contributed by atoms with E-state index in [1.54, 1.807) is 23.5 Å². The largest absolute Gasteiger partial charge is 0.435 e. The summed E-state index contributed by atoms with van der Waals surface area (Å²) in [5.74, 6) is -0.0288. The van der Waals surface area contributed by atoms with Gasteiger partial charge in [0, 0.05) is 6.54 Å². The van der Waals surface area contributed by atoms with Crippen LogP contribution in [0.4, 0.5) is 8.78 Å². The van der Waals surface area contributed by atoms with Crippen molar-refractivity contribution >= 4 is 17.2 Å². The Balaban J connectivity index is 1.86. The fraction of sp³-hybridized carbons (Fsp3) is 0.353. The molecule has 0 aliphatic rings. The minimum atomic E-state index is -2.85. The number of likely N-dealkylation sites (N-methyl/N-ethyl adjacent to an activating group) is 1. The van der Waals surface area contributed by atoms with E-state index >= 15 is 0 Å². The summed E-state index contributed by atoms with van der Waals surface area (Å²) in [6.07, 6.45) is 0.193. The Bertz CT molecular complexity index is 631. The third-order valence-corrected chi connectivity index (χ3v) is 4.26. The highest BCUT2D eigenvalue weighted by Crippen LogP contribution is 2.20. The summed E-state index contributed by atoms with van der Waals surface area (Å²) in [6.45, 7) is -2.34. The Morgan fingerprint density at radius 3 is 2.50 bits per heavy atom. The molecular formula is C17H20F2N2O2S. The molecule has 0 saturated heterocycles. The van der Waals surface area contributed by atoms with Crippen molar-refractivity contribution in [3.05, 3.63) is 52.2 Å². The number of ether oxygens (including phenoxy) is 1. The Morgan fingerprint density at radius 2 is 1.96 bits per heavy atom. The molecule has 24 heavy (non-hydrogen) atoms. The second-order valence-corrected chi connectivity index (χ2v) is 6.32. The van der Waals surface area contributed by atoms with E-state index in [0.717, 1.165) is 5.56 Å². The predicted octanol–water partition coefficient (Wildman–Crippen LogP) is 3.31. The lowest BCUT2D eigenvalue weighted by atomic mass is 10.1. The molecule has 0 saturated carbocycles. The zero-order valence-corrected chi connectivity index (χ0v) is 14.4. The molecule has 0 spiro atoms. The summed E-state index contributed by atoms with van der Waals surface area (Å²) in [5.41, 5.74) is 1.91. The van der Waals surface area contributed by atoms with Crippen molar-refractivity contribution in [1.29, 1.82) is 0 Å². The van der Waals surface area contributed by atoms with Gasteiger partial charge in [-0.3, -0.25) is 4.79 Å². The van der Waals surface area contributed by atoms with Gasteiger partial charge in [-0.15, -0.1) is 0 Å². The molecule has 0 aliphatic carbocycles. The number of amides is 1. The zero-order valence-electron chi connectivity index (χ0n) is 13.5. The normalized spacial score (nSPS) is 12.4. The number of nitrogens with zero attached hydrogens (tertiary/aromatic N) is 1. The van der Waals surface area contributed by atoms with E-state index in [-0.39, 0.29) is 24.1 Å². The summed E-state index contributed by atoms with van der Waals surface area (Å²) in [6, 6.07) is 8.25. The molecule has 0 bridgehead atoms. The second kappa shape index (κ2) is 8.75. The maximum absolute atomic E-state index is 12.1. The topological polar surface area (TPSA) is 41.6 Å². The van der Waals surface area contributed by atoms with Gasteiger partial charge in [-0.25, -0.2) is 0 Å². The van der Waals surface area contributed by atoms with Crippen LogP contribution in [-0.2, 0) is 11.2 Å².